The molecule has 0 heterocycles. The molecule has 320 valence electrons. The molecule has 64 heavy (non-hydrogen) atoms. The Morgan fingerprint density at radius 3 is 1.41 bits per heavy atom. The zero-order valence-corrected chi connectivity index (χ0v) is 38.5. The molecule has 0 N–H and O–H groups in total. The Labute approximate surface area is 380 Å². The number of hydrogen-bond acceptors (Lipinski definition) is 1. The van der Waals surface area contributed by atoms with E-state index in [0.717, 1.165) is 79.2 Å². The van der Waals surface area contributed by atoms with Crippen molar-refractivity contribution in [3.05, 3.63) is 178 Å². The molecule has 1 nitrogen and oxygen atoms in total. The molecular weight excluding hydrogens is 773 g/mol. The minimum absolute atomic E-state index is 0.163. The Morgan fingerprint density at radius 1 is 0.438 bits per heavy atom. The molecule has 1 heteroatoms. The molecule has 0 aliphatic heterocycles. The van der Waals surface area contributed by atoms with Crippen LogP contribution >= 0.6 is 0 Å². The lowest BCUT2D eigenvalue weighted by molar-refractivity contribution is 0.102. The van der Waals surface area contributed by atoms with Gasteiger partial charge in [0.25, 0.3) is 0 Å². The number of fused-ring (bicyclic) bond motifs is 14. The zero-order valence-electron chi connectivity index (χ0n) is 38.5. The summed E-state index contributed by atoms with van der Waals surface area (Å²) in [7, 11) is 0. The van der Waals surface area contributed by atoms with Crippen molar-refractivity contribution in [1.82, 2.24) is 0 Å². The largest absolute Gasteiger partial charge is 0.289 e. The zero-order chi connectivity index (χ0) is 43.8. The van der Waals surface area contributed by atoms with Crippen molar-refractivity contribution in [2.75, 3.05) is 0 Å². The highest BCUT2D eigenvalue weighted by Crippen LogP contribution is 2.51. The molecule has 0 radical (unpaired) electrons. The molecule has 11 rings (SSSR count). The summed E-state index contributed by atoms with van der Waals surface area (Å²) < 4.78 is 0. The van der Waals surface area contributed by atoms with Crippen LogP contribution in [0.25, 0.3) is 77.5 Å². The number of benzene rings is 8. The van der Waals surface area contributed by atoms with Crippen LogP contribution in [0.5, 0.6) is 0 Å². The van der Waals surface area contributed by atoms with Crippen molar-refractivity contribution < 1.29 is 4.79 Å². The molecule has 0 aromatic heterocycles. The van der Waals surface area contributed by atoms with Gasteiger partial charge < -0.3 is 0 Å². The first-order valence-corrected chi connectivity index (χ1v) is 24.7. The number of carbonyl (C=O) groups excluding carboxylic acids is 1. The molecule has 0 fully saturated rings. The van der Waals surface area contributed by atoms with Crippen molar-refractivity contribution in [3.63, 3.8) is 0 Å². The molecule has 0 bridgehead atoms. The number of unbranched alkanes of at least 4 members (excludes halogenated alkanes) is 5. The SMILES string of the molecule is CC.CCCCCCC1(CCCCC)c2ccc(-c3ccc4c5c(c6c(c4c3)C=CCC6)CCC=C5)cc2C(=O)c2cc(-c3ccc4c5ccccc5c5ccccc5c4c3)ccc21. The van der Waals surface area contributed by atoms with Gasteiger partial charge in [0.2, 0.25) is 0 Å². The standard InChI is InChI=1S/C61H56O.C2H6/c1-3-5-7-17-35-61(34-16-6-4-2)58-32-28-42(40-26-30-52-48-22-10-8-18-44(48)46-20-12-14-24-50(46)54(52)36-40)38-56(58)60(62)57-39-43(29-33-59(57)61)41-27-31-53-49-23-11-9-19-45(49)47-21-13-15-25-51(47)55(53)37-41;1-2/h8,10-12,14-15,18,20,22-33,36-39H,3-7,9,13,16-17,19,21,34-35H2,1-2H3;1-2H3. The second-order valence-corrected chi connectivity index (χ2v) is 18.5. The van der Waals surface area contributed by atoms with Gasteiger partial charge in [0, 0.05) is 16.5 Å². The third kappa shape index (κ3) is 7.04. The van der Waals surface area contributed by atoms with E-state index in [1.165, 1.54) is 109 Å². The Hall–Kier alpha value is -6.05. The average molecular weight is 835 g/mol. The van der Waals surface area contributed by atoms with E-state index in [9.17, 15) is 0 Å². The molecule has 1 atom stereocenters. The van der Waals surface area contributed by atoms with Crippen LogP contribution in [0.2, 0.25) is 0 Å². The number of carbonyl (C=O) groups is 1. The quantitative estimate of drug-likeness (QED) is 0.0937. The molecule has 0 saturated carbocycles. The maximum atomic E-state index is 15.4. The predicted molar refractivity (Wildman–Crippen MR) is 277 cm³/mol. The van der Waals surface area contributed by atoms with E-state index < -0.39 is 0 Å². The lowest BCUT2D eigenvalue weighted by Crippen LogP contribution is -2.36. The smallest absolute Gasteiger partial charge is 0.193 e. The fraction of sp³-hybridized carbons (Fsp3) is 0.286. The van der Waals surface area contributed by atoms with Crippen molar-refractivity contribution >= 4 is 61.0 Å². The fourth-order valence-electron chi connectivity index (χ4n) is 11.9. The molecule has 3 aliphatic carbocycles. The highest BCUT2D eigenvalue weighted by atomic mass is 16.1. The van der Waals surface area contributed by atoms with Crippen LogP contribution in [-0.4, -0.2) is 5.78 Å². The molecule has 0 spiro atoms. The maximum Gasteiger partial charge on any atom is 0.193 e. The first-order valence-electron chi connectivity index (χ1n) is 24.7. The first-order chi connectivity index (χ1) is 31.6. The van der Waals surface area contributed by atoms with Gasteiger partial charge in [-0.3, -0.25) is 4.79 Å². The molecule has 1 unspecified atom stereocenters. The number of allylic oxidation sites excluding steroid dienone is 2. The van der Waals surface area contributed by atoms with Crippen molar-refractivity contribution in [2.24, 2.45) is 0 Å². The van der Waals surface area contributed by atoms with Crippen LogP contribution in [0.1, 0.15) is 148 Å². The van der Waals surface area contributed by atoms with Crippen LogP contribution in [0.15, 0.2) is 133 Å². The molecule has 0 saturated heterocycles. The summed E-state index contributed by atoms with van der Waals surface area (Å²) in [5.74, 6) is 0.163. The van der Waals surface area contributed by atoms with E-state index in [4.69, 9.17) is 0 Å². The number of rotatable bonds is 11. The van der Waals surface area contributed by atoms with Gasteiger partial charge in [-0.05, 0) is 162 Å². The van der Waals surface area contributed by atoms with E-state index in [1.54, 1.807) is 5.56 Å². The van der Waals surface area contributed by atoms with Crippen LogP contribution in [0, 0.1) is 0 Å². The van der Waals surface area contributed by atoms with Gasteiger partial charge in [-0.15, -0.1) is 0 Å². The lowest BCUT2D eigenvalue weighted by Gasteiger charge is -2.41. The summed E-state index contributed by atoms with van der Waals surface area (Å²) >= 11 is 0. The maximum absolute atomic E-state index is 15.4. The van der Waals surface area contributed by atoms with Gasteiger partial charge >= 0.3 is 0 Å². The van der Waals surface area contributed by atoms with Crippen LogP contribution in [-0.2, 0) is 18.3 Å². The van der Waals surface area contributed by atoms with E-state index in [-0.39, 0.29) is 11.2 Å². The first kappa shape index (κ1) is 41.9. The summed E-state index contributed by atoms with van der Waals surface area (Å²) in [4.78, 5) is 15.4. The predicted octanol–water partition coefficient (Wildman–Crippen LogP) is 18.0. The second-order valence-electron chi connectivity index (χ2n) is 18.5. The number of ketones is 1. The summed E-state index contributed by atoms with van der Waals surface area (Å²) in [6, 6.07) is 45.5. The highest BCUT2D eigenvalue weighted by molar-refractivity contribution is 6.26. The third-order valence-corrected chi connectivity index (χ3v) is 14.9. The monoisotopic (exact) mass is 834 g/mol. The third-order valence-electron chi connectivity index (χ3n) is 14.9. The molecule has 8 aromatic carbocycles. The van der Waals surface area contributed by atoms with Crippen LogP contribution in [0.4, 0.5) is 0 Å². The minimum Gasteiger partial charge on any atom is -0.289 e. The van der Waals surface area contributed by atoms with Gasteiger partial charge in [0.05, 0.1) is 0 Å². The van der Waals surface area contributed by atoms with Crippen molar-refractivity contribution in [3.8, 4) is 22.3 Å². The number of hydrogen-bond donors (Lipinski definition) is 0. The van der Waals surface area contributed by atoms with Gasteiger partial charge in [-0.25, -0.2) is 0 Å². The lowest BCUT2D eigenvalue weighted by atomic mass is 9.61. The normalized spacial score (nSPS) is 16.1. The summed E-state index contributed by atoms with van der Waals surface area (Å²) in [5, 5.41) is 10.3. The van der Waals surface area contributed by atoms with Gasteiger partial charge in [0.1, 0.15) is 0 Å². The van der Waals surface area contributed by atoms with Crippen LogP contribution in [0.3, 0.4) is 0 Å². The Bertz CT molecular complexity index is 3120. The van der Waals surface area contributed by atoms with E-state index >= 15 is 4.79 Å². The summed E-state index contributed by atoms with van der Waals surface area (Å²) in [5.41, 5.74) is 14.5. The van der Waals surface area contributed by atoms with Gasteiger partial charge in [0.15, 0.2) is 5.78 Å². The van der Waals surface area contributed by atoms with E-state index in [0.29, 0.717) is 0 Å². The van der Waals surface area contributed by atoms with Crippen molar-refractivity contribution in [2.45, 2.75) is 117 Å². The van der Waals surface area contributed by atoms with Crippen LogP contribution < -0.4 is 0 Å². The van der Waals surface area contributed by atoms with E-state index in [1.807, 2.05) is 13.8 Å². The molecule has 8 aromatic rings. The van der Waals surface area contributed by atoms with E-state index in [2.05, 4.69) is 159 Å². The van der Waals surface area contributed by atoms with Gasteiger partial charge in [-0.2, -0.15) is 0 Å². The average Bonchev–Trinajstić information content (AvgIpc) is 3.37. The molecular formula is C63H62O. The molecule has 0 amide bonds. The van der Waals surface area contributed by atoms with Crippen molar-refractivity contribution in [1.29, 1.82) is 0 Å². The molecule has 3 aliphatic rings. The summed E-state index contributed by atoms with van der Waals surface area (Å²) in [6.45, 7) is 8.60. The topological polar surface area (TPSA) is 17.1 Å². The Balaban J connectivity index is 0.00000239. The Kier molecular flexibility index (Phi) is 11.7. The summed E-state index contributed by atoms with van der Waals surface area (Å²) in [6.07, 6.45) is 24.4. The minimum atomic E-state index is -0.213. The highest BCUT2D eigenvalue weighted by Gasteiger charge is 2.43. The van der Waals surface area contributed by atoms with Gasteiger partial charge in [-0.1, -0.05) is 194 Å². The second kappa shape index (κ2) is 17.8. The Morgan fingerprint density at radius 2 is 0.859 bits per heavy atom. The fourth-order valence-corrected chi connectivity index (χ4v) is 11.9.